The molecule has 0 saturated heterocycles. The van der Waals surface area contributed by atoms with E-state index in [0.29, 0.717) is 0 Å². The first-order chi connectivity index (χ1) is 27.4. The van der Waals surface area contributed by atoms with Crippen molar-refractivity contribution in [1.29, 1.82) is 0 Å². The van der Waals surface area contributed by atoms with Gasteiger partial charge in [0.15, 0.2) is 0 Å². The van der Waals surface area contributed by atoms with Gasteiger partial charge in [-0.25, -0.2) is 17.6 Å². The predicted octanol–water partition coefficient (Wildman–Crippen LogP) is 8.36. The van der Waals surface area contributed by atoms with Crippen molar-refractivity contribution in [3.63, 3.8) is 0 Å². The van der Waals surface area contributed by atoms with Crippen LogP contribution in [-0.4, -0.2) is 46.1 Å². The van der Waals surface area contributed by atoms with Crippen molar-refractivity contribution in [2.45, 2.75) is 52.4 Å². The smallest absolute Gasteiger partial charge is 0.340 e. The van der Waals surface area contributed by atoms with Crippen LogP contribution in [0.1, 0.15) is 69.1 Å². The molecule has 4 rings (SSSR count). The lowest BCUT2D eigenvalue weighted by molar-refractivity contribution is -0.390. The number of para-hydroxylation sites is 1. The maximum Gasteiger partial charge on any atom is 0.340 e. The summed E-state index contributed by atoms with van der Waals surface area (Å²) >= 11 is 0. The number of hydrogen-bond acceptors (Lipinski definition) is 11. The molecule has 0 amide bonds. The summed E-state index contributed by atoms with van der Waals surface area (Å²) < 4.78 is 113. The highest BCUT2D eigenvalue weighted by atomic mass is 19.2. The van der Waals surface area contributed by atoms with Crippen LogP contribution in [0.5, 0.6) is 0 Å². The number of benzene rings is 4. The molecule has 59 heavy (non-hydrogen) atoms. The van der Waals surface area contributed by atoms with Gasteiger partial charge in [0.05, 0.1) is 40.8 Å². The van der Waals surface area contributed by atoms with Crippen molar-refractivity contribution in [3.05, 3.63) is 138 Å². The molecule has 3 atom stereocenters. The number of rotatable bonds is 10. The second-order valence-corrected chi connectivity index (χ2v) is 11.7. The van der Waals surface area contributed by atoms with Crippen molar-refractivity contribution in [2.24, 2.45) is 0 Å². The molecule has 0 aromatic heterocycles. The van der Waals surface area contributed by atoms with Gasteiger partial charge >= 0.3 is 29.3 Å². The van der Waals surface area contributed by atoms with Gasteiger partial charge in [0.1, 0.15) is 34.6 Å². The molecule has 0 aliphatic heterocycles. The number of hydrogen-bond donors (Lipinski definition) is 3. The van der Waals surface area contributed by atoms with E-state index in [1.807, 2.05) is 0 Å². The zero-order valence-corrected chi connectivity index (χ0v) is 31.5. The number of nitrogens with two attached hydrogens (primary N) is 2. The number of carboxylic acids is 1. The Hall–Kier alpha value is -6.87. The summed E-state index contributed by atoms with van der Waals surface area (Å²) in [6.45, 7) is 7.88. The van der Waals surface area contributed by atoms with Crippen molar-refractivity contribution in [1.82, 2.24) is 0 Å². The summed E-state index contributed by atoms with van der Waals surface area (Å²) in [5.41, 5.74) is 6.95. The fourth-order valence-corrected chi connectivity index (χ4v) is 4.33. The molecule has 320 valence electrons. The fraction of sp³-hybridized carbons (Fsp3) is 0.270. The molecule has 0 heterocycles. The lowest BCUT2D eigenvalue weighted by Gasteiger charge is -2.11. The van der Waals surface area contributed by atoms with Gasteiger partial charge in [0, 0.05) is 0 Å². The minimum absolute atomic E-state index is 0.00551. The number of nitrogens with zero attached hydrogens (tertiary/aromatic N) is 2. The van der Waals surface area contributed by atoms with E-state index in [1.54, 1.807) is 13.8 Å². The number of nitro groups is 2. The highest BCUT2D eigenvalue weighted by Gasteiger charge is 2.26. The number of carbonyl (C=O) groups excluding carboxylic acids is 2. The number of carboxylic acid groups (broad SMARTS) is 1. The Balaban J connectivity index is 0.000000399. The number of aliphatic carboxylic acids is 1. The molecular weight excluding hydrogens is 812 g/mol. The molecule has 5 N–H and O–H groups in total. The van der Waals surface area contributed by atoms with Crippen LogP contribution >= 0.6 is 0 Å². The van der Waals surface area contributed by atoms with Crippen LogP contribution in [0.2, 0.25) is 0 Å². The third kappa shape index (κ3) is 14.2. The molecular formula is C37H36F8N4O10. The number of nitrogen functional groups attached to an aromatic ring is 2. The zero-order chi connectivity index (χ0) is 45.5. The van der Waals surface area contributed by atoms with Gasteiger partial charge in [-0.1, -0.05) is 6.07 Å². The second-order valence-electron chi connectivity index (χ2n) is 11.7. The van der Waals surface area contributed by atoms with E-state index in [1.165, 1.54) is 20.8 Å². The molecule has 0 aliphatic rings. The number of halogens is 8. The monoisotopic (exact) mass is 848 g/mol. The Bertz CT molecular complexity index is 2090. The van der Waals surface area contributed by atoms with Crippen molar-refractivity contribution in [2.75, 3.05) is 24.7 Å². The Morgan fingerprint density at radius 3 is 1.10 bits per heavy atom. The number of carbonyl (C=O) groups is 3. The maximum absolute atomic E-state index is 13.3. The molecule has 4 aromatic carbocycles. The first-order valence-corrected chi connectivity index (χ1v) is 16.7. The van der Waals surface area contributed by atoms with Crippen LogP contribution in [0.3, 0.4) is 0 Å². The largest absolute Gasteiger partial charge is 0.481 e. The third-order valence-corrected chi connectivity index (χ3v) is 7.70. The summed E-state index contributed by atoms with van der Waals surface area (Å²) in [6, 6.07) is 8.21. The highest BCUT2D eigenvalue weighted by Crippen LogP contribution is 2.28. The Morgan fingerprint density at radius 1 is 0.576 bits per heavy atom. The standard InChI is InChI=1S/C11H11F2NO4.C11H13F2NO2.C9H9F2NO2.C6H3F2NO2/c1-3-18-11(15)6(2)7-4-8(12)10(14(16)17)9(13)5-7;1-3-16-11(15)6(2)7-4-8(12)10(14)9(13)5-7;1-4(9(13)14)5-2-6(10)8(12)7(11)3-5;7-4-2-1-3-5(8)6(4)9(10)11/h4-6H,3H2,1-2H3;4-6H,3,14H2,1-2H3;2-4H,12H2,1H3,(H,13,14);1-3H. The normalized spacial score (nSPS) is 11.7. The number of nitro benzene ring substituents is 2. The Kier molecular flexibility index (Phi) is 19.3. The molecule has 4 aromatic rings. The average Bonchev–Trinajstić information content (AvgIpc) is 3.15. The topological polar surface area (TPSA) is 228 Å². The first-order valence-electron chi connectivity index (χ1n) is 16.7. The molecule has 0 radical (unpaired) electrons. The van der Waals surface area contributed by atoms with E-state index in [9.17, 15) is 69.7 Å². The predicted molar refractivity (Wildman–Crippen MR) is 194 cm³/mol. The molecule has 0 saturated carbocycles. The summed E-state index contributed by atoms with van der Waals surface area (Å²) in [5, 5.41) is 29.0. The van der Waals surface area contributed by atoms with Gasteiger partial charge in [-0.15, -0.1) is 0 Å². The van der Waals surface area contributed by atoms with E-state index < -0.39 is 115 Å². The lowest BCUT2D eigenvalue weighted by Crippen LogP contribution is -2.14. The zero-order valence-electron chi connectivity index (χ0n) is 31.5. The van der Waals surface area contributed by atoms with Crippen LogP contribution in [0.25, 0.3) is 0 Å². The molecule has 3 unspecified atom stereocenters. The number of ether oxygens (including phenoxy) is 2. The summed E-state index contributed by atoms with van der Waals surface area (Å²) in [7, 11) is 0. The highest BCUT2D eigenvalue weighted by molar-refractivity contribution is 5.78. The molecule has 0 spiro atoms. The van der Waals surface area contributed by atoms with E-state index in [0.717, 1.165) is 54.6 Å². The summed E-state index contributed by atoms with van der Waals surface area (Å²) in [5.74, 6) is -13.4. The van der Waals surface area contributed by atoms with Gasteiger partial charge in [0.2, 0.25) is 23.3 Å². The van der Waals surface area contributed by atoms with Crippen molar-refractivity contribution >= 4 is 40.7 Å². The van der Waals surface area contributed by atoms with Gasteiger partial charge in [-0.3, -0.25) is 34.6 Å². The average molecular weight is 849 g/mol. The maximum atomic E-state index is 13.3. The molecule has 0 fully saturated rings. The fourth-order valence-electron chi connectivity index (χ4n) is 4.33. The van der Waals surface area contributed by atoms with Crippen LogP contribution in [-0.2, 0) is 23.9 Å². The van der Waals surface area contributed by atoms with Crippen LogP contribution in [0, 0.1) is 66.8 Å². The van der Waals surface area contributed by atoms with Crippen molar-refractivity contribution < 1.29 is 73.9 Å². The second kappa shape index (κ2) is 22.8. The molecule has 14 nitrogen and oxygen atoms in total. The van der Waals surface area contributed by atoms with E-state index >= 15 is 0 Å². The molecule has 0 bridgehead atoms. The third-order valence-electron chi connectivity index (χ3n) is 7.70. The van der Waals surface area contributed by atoms with Gasteiger partial charge in [0.25, 0.3) is 0 Å². The molecule has 0 aliphatic carbocycles. The molecule has 22 heteroatoms. The van der Waals surface area contributed by atoms with Gasteiger partial charge in [-0.2, -0.15) is 17.6 Å². The summed E-state index contributed by atoms with van der Waals surface area (Å²) in [6.07, 6.45) is 0. The minimum atomic E-state index is -1.31. The first kappa shape index (κ1) is 50.1. The van der Waals surface area contributed by atoms with Crippen LogP contribution < -0.4 is 11.5 Å². The van der Waals surface area contributed by atoms with Crippen LogP contribution in [0.4, 0.5) is 57.9 Å². The van der Waals surface area contributed by atoms with E-state index in [4.69, 9.17) is 26.0 Å². The van der Waals surface area contributed by atoms with Gasteiger partial charge in [-0.05, 0) is 99.8 Å². The van der Waals surface area contributed by atoms with Gasteiger partial charge < -0.3 is 26.0 Å². The SMILES string of the molecule is CC(C(=O)O)c1cc(F)c(N)c(F)c1.CCOC(=O)C(C)c1cc(F)c(N)c(F)c1.CCOC(=O)C(C)c1cc(F)c([N+](=O)[O-])c(F)c1.O=[N+]([O-])c1c(F)cccc1F. The van der Waals surface area contributed by atoms with E-state index in [-0.39, 0.29) is 29.9 Å². The van der Waals surface area contributed by atoms with Crippen LogP contribution in [0.15, 0.2) is 54.6 Å². The number of anilines is 2. The minimum Gasteiger partial charge on any atom is -0.481 e. The van der Waals surface area contributed by atoms with Crippen molar-refractivity contribution in [3.8, 4) is 0 Å². The quantitative estimate of drug-likeness (QED) is 0.0450. The lowest BCUT2D eigenvalue weighted by atomic mass is 10.0. The summed E-state index contributed by atoms with van der Waals surface area (Å²) in [4.78, 5) is 51.4. The number of esters is 2. The van der Waals surface area contributed by atoms with E-state index in [2.05, 4.69) is 0 Å². The Morgan fingerprint density at radius 2 is 0.847 bits per heavy atom. The Labute approximate surface area is 329 Å².